The first kappa shape index (κ1) is 40.6. The van der Waals surface area contributed by atoms with E-state index < -0.39 is 0 Å². The third-order valence-corrected chi connectivity index (χ3v) is 10.6. The first-order valence-electron chi connectivity index (χ1n) is 15.5. The van der Waals surface area contributed by atoms with Crippen LogP contribution in [0.3, 0.4) is 0 Å². The molecule has 1 aliphatic rings. The maximum Gasteiger partial charge on any atom is 0.251 e. The molecule has 0 aliphatic carbocycles. The summed E-state index contributed by atoms with van der Waals surface area (Å²) in [5.41, 5.74) is 5.70. The molecule has 1 aromatic rings. The normalized spacial score (nSPS) is 19.1. The summed E-state index contributed by atoms with van der Waals surface area (Å²) in [4.78, 5) is 24.4. The van der Waals surface area contributed by atoms with Crippen molar-refractivity contribution in [3.05, 3.63) is 29.8 Å². The Labute approximate surface area is 286 Å². The first-order chi connectivity index (χ1) is 22.0. The van der Waals surface area contributed by atoms with Crippen molar-refractivity contribution in [2.24, 2.45) is 5.73 Å². The molecule has 0 saturated carbocycles. The zero-order chi connectivity index (χ0) is 33.8. The van der Waals surface area contributed by atoms with Crippen LogP contribution in [0.25, 0.3) is 0 Å². The molecule has 2 rings (SSSR count). The summed E-state index contributed by atoms with van der Waals surface area (Å²) in [7, 11) is 3.74. The van der Waals surface area contributed by atoms with Crippen molar-refractivity contribution in [1.29, 1.82) is 0 Å². The summed E-state index contributed by atoms with van der Waals surface area (Å²) in [6.45, 7) is 12.0. The van der Waals surface area contributed by atoms with E-state index in [0.717, 1.165) is 5.75 Å². The molecule has 1 aromatic carbocycles. The molecule has 2 unspecified atom stereocenters. The molecule has 2 amide bonds. The van der Waals surface area contributed by atoms with Crippen LogP contribution in [0, 0.1) is 11.7 Å². The van der Waals surface area contributed by atoms with E-state index >= 15 is 0 Å². The Balaban J connectivity index is 1.68. The molecule has 5 atom stereocenters. The molecule has 11 nitrogen and oxygen atoms in total. The van der Waals surface area contributed by atoms with E-state index in [2.05, 4.69) is 50.1 Å². The van der Waals surface area contributed by atoms with Crippen LogP contribution in [0.5, 0.6) is 5.75 Å². The molecule has 1 saturated heterocycles. The van der Waals surface area contributed by atoms with Crippen LogP contribution in [0.15, 0.2) is 24.3 Å². The first-order valence-corrected chi connectivity index (χ1v) is 18.8. The SMILES string of the molecule is CCS[C@@H](C)O[C@@H]1C[C@H](BC#CCNC(=O)COCCOC(COc2cccc(C(=O)NCCN)c2)SSC(C)(C)C)OC1CO. The van der Waals surface area contributed by atoms with Gasteiger partial charge in [-0.05, 0) is 37.3 Å². The summed E-state index contributed by atoms with van der Waals surface area (Å²) in [5.74, 6) is 7.03. The van der Waals surface area contributed by atoms with Crippen LogP contribution in [-0.2, 0) is 23.7 Å². The average Bonchev–Trinajstić information content (AvgIpc) is 3.41. The van der Waals surface area contributed by atoms with Gasteiger partial charge in [0.05, 0.1) is 32.5 Å². The standard InChI is InChI=1S/C31H50BN3O8S3/c1-6-44-22(2)42-25-18-27(43-26(25)19-36)32-11-8-13-34-28(37)20-39-15-16-40-29(45-46-31(3,4)5)21-41-24-10-7-9-23(17-24)30(38)35-14-12-33/h7,9-10,17,22,25-27,29,32,36H,6,12-16,18-21,33H2,1-5H3,(H,34,37)(H,35,38)/t22-,25+,26?,27+,29?/m0/s1. The molecule has 0 spiro atoms. The number of nitrogens with two attached hydrogens (primary N) is 1. The molecule has 0 aromatic heterocycles. The number of hydrogen-bond acceptors (Lipinski definition) is 12. The number of carbonyl (C=O) groups excluding carboxylic acids is 2. The number of thioether (sulfide) groups is 1. The van der Waals surface area contributed by atoms with E-state index in [1.807, 2.05) is 6.92 Å². The monoisotopic (exact) mass is 699 g/mol. The van der Waals surface area contributed by atoms with E-state index in [0.29, 0.717) is 38.1 Å². The van der Waals surface area contributed by atoms with Crippen LogP contribution in [0.4, 0.5) is 0 Å². The molecule has 1 fully saturated rings. The van der Waals surface area contributed by atoms with Crippen molar-refractivity contribution >= 4 is 52.4 Å². The van der Waals surface area contributed by atoms with Gasteiger partial charge in [0, 0.05) is 29.4 Å². The number of rotatable bonds is 21. The molecule has 258 valence electrons. The van der Waals surface area contributed by atoms with Gasteiger partial charge in [0.15, 0.2) is 0 Å². The van der Waals surface area contributed by atoms with Crippen LogP contribution in [0.2, 0.25) is 0 Å². The number of nitrogens with one attached hydrogen (secondary N) is 2. The minimum Gasteiger partial charge on any atom is -0.490 e. The third kappa shape index (κ3) is 17.5. The molecule has 15 heteroatoms. The van der Waals surface area contributed by atoms with Gasteiger partial charge in [-0.1, -0.05) is 61.3 Å². The minimum atomic E-state index is -0.343. The molecule has 1 aliphatic heterocycles. The number of aliphatic hydroxyl groups excluding tert-OH is 1. The largest absolute Gasteiger partial charge is 0.490 e. The second-order valence-corrected chi connectivity index (χ2v) is 16.0. The van der Waals surface area contributed by atoms with Crippen molar-refractivity contribution in [1.82, 2.24) is 10.6 Å². The number of aliphatic hydroxyl groups is 1. The maximum absolute atomic E-state index is 12.2. The van der Waals surface area contributed by atoms with Crippen molar-refractivity contribution in [2.45, 2.75) is 74.9 Å². The zero-order valence-electron chi connectivity index (χ0n) is 27.6. The summed E-state index contributed by atoms with van der Waals surface area (Å²) in [6.07, 6.45) is 0.187. The van der Waals surface area contributed by atoms with Gasteiger partial charge in [-0.3, -0.25) is 9.59 Å². The molecular weight excluding hydrogens is 649 g/mol. The van der Waals surface area contributed by atoms with Gasteiger partial charge in [0.25, 0.3) is 5.91 Å². The second kappa shape index (κ2) is 22.9. The molecule has 5 N–H and O–H groups in total. The van der Waals surface area contributed by atoms with Crippen molar-refractivity contribution in [3.63, 3.8) is 0 Å². The Morgan fingerprint density at radius 2 is 2.07 bits per heavy atom. The quantitative estimate of drug-likeness (QED) is 0.0491. The number of benzene rings is 1. The van der Waals surface area contributed by atoms with Crippen LogP contribution in [0.1, 0.15) is 51.4 Å². The molecular formula is C31H50BN3O8S3. The molecule has 0 radical (unpaired) electrons. The van der Waals surface area contributed by atoms with Gasteiger partial charge < -0.3 is 45.2 Å². The Bertz CT molecular complexity index is 1100. The van der Waals surface area contributed by atoms with Gasteiger partial charge in [0.1, 0.15) is 35.9 Å². The Morgan fingerprint density at radius 1 is 1.26 bits per heavy atom. The lowest BCUT2D eigenvalue weighted by atomic mass is 9.71. The Hall–Kier alpha value is -1.61. The van der Waals surface area contributed by atoms with Gasteiger partial charge in [-0.25, -0.2) is 0 Å². The smallest absolute Gasteiger partial charge is 0.251 e. The van der Waals surface area contributed by atoms with E-state index in [4.69, 9.17) is 29.4 Å². The predicted octanol–water partition coefficient (Wildman–Crippen LogP) is 2.40. The summed E-state index contributed by atoms with van der Waals surface area (Å²) < 4.78 is 29.4. The van der Waals surface area contributed by atoms with Gasteiger partial charge >= 0.3 is 0 Å². The summed E-state index contributed by atoms with van der Waals surface area (Å²) >= 11 is 1.71. The van der Waals surface area contributed by atoms with Crippen molar-refractivity contribution in [2.75, 3.05) is 58.4 Å². The van der Waals surface area contributed by atoms with Crippen molar-refractivity contribution in [3.8, 4) is 17.5 Å². The fourth-order valence-electron chi connectivity index (χ4n) is 4.08. The van der Waals surface area contributed by atoms with Crippen LogP contribution >= 0.6 is 33.3 Å². The Morgan fingerprint density at radius 3 is 2.78 bits per heavy atom. The highest BCUT2D eigenvalue weighted by Gasteiger charge is 2.36. The number of carbonyl (C=O) groups is 2. The second-order valence-electron chi connectivity index (χ2n) is 11.3. The topological polar surface area (TPSA) is 151 Å². The van der Waals surface area contributed by atoms with E-state index in [9.17, 15) is 14.7 Å². The molecule has 1 heterocycles. The third-order valence-electron chi connectivity index (χ3n) is 6.14. The van der Waals surface area contributed by atoms with E-state index in [1.54, 1.807) is 57.6 Å². The molecule has 0 bridgehead atoms. The summed E-state index contributed by atoms with van der Waals surface area (Å²) in [5, 5.41) is 15.1. The highest BCUT2D eigenvalue weighted by atomic mass is 33.1. The zero-order valence-corrected chi connectivity index (χ0v) is 30.0. The predicted molar refractivity (Wildman–Crippen MR) is 190 cm³/mol. The fraction of sp³-hybridized carbons (Fsp3) is 0.677. The highest BCUT2D eigenvalue weighted by Crippen LogP contribution is 2.38. The lowest BCUT2D eigenvalue weighted by molar-refractivity contribution is -0.126. The number of ether oxygens (including phenoxy) is 5. The number of hydrogen-bond donors (Lipinski definition) is 4. The fourth-order valence-corrected chi connectivity index (χ4v) is 6.97. The lowest BCUT2D eigenvalue weighted by Gasteiger charge is -2.22. The summed E-state index contributed by atoms with van der Waals surface area (Å²) in [6, 6.07) is 6.85. The average molecular weight is 700 g/mol. The minimum absolute atomic E-state index is 0.0137. The lowest BCUT2D eigenvalue weighted by Crippen LogP contribution is -2.30. The molecule has 46 heavy (non-hydrogen) atoms. The van der Waals surface area contributed by atoms with Crippen LogP contribution < -0.4 is 21.1 Å². The van der Waals surface area contributed by atoms with Crippen LogP contribution in [-0.4, -0.2) is 116 Å². The van der Waals surface area contributed by atoms with E-state index in [1.165, 1.54) is 0 Å². The number of amides is 2. The highest BCUT2D eigenvalue weighted by molar-refractivity contribution is 8.77. The Kier molecular flexibility index (Phi) is 20.2. The maximum atomic E-state index is 12.2. The van der Waals surface area contributed by atoms with Gasteiger partial charge in [0.2, 0.25) is 13.2 Å². The van der Waals surface area contributed by atoms with Gasteiger partial charge in [-0.2, -0.15) is 5.82 Å². The van der Waals surface area contributed by atoms with Gasteiger partial charge in [-0.15, -0.1) is 11.8 Å². The van der Waals surface area contributed by atoms with Crippen molar-refractivity contribution < 1.29 is 38.4 Å². The van der Waals surface area contributed by atoms with E-state index in [-0.39, 0.29) is 85.2 Å².